The minimum atomic E-state index is -4.45. The van der Waals surface area contributed by atoms with Crippen LogP contribution in [0.2, 0.25) is 0 Å². The number of hydrogen-bond donors (Lipinski definition) is 1. The average Bonchev–Trinajstić information content (AvgIpc) is 2.49. The van der Waals surface area contributed by atoms with Crippen molar-refractivity contribution in [3.63, 3.8) is 0 Å². The van der Waals surface area contributed by atoms with Crippen LogP contribution in [0, 0.1) is 2.88 Å². The van der Waals surface area contributed by atoms with E-state index in [2.05, 4.69) is 4.84 Å². The van der Waals surface area contributed by atoms with E-state index in [0.29, 0.717) is 0 Å². The van der Waals surface area contributed by atoms with E-state index >= 15 is 0 Å². The van der Waals surface area contributed by atoms with Crippen LogP contribution in [0.3, 0.4) is 0 Å². The fraction of sp³-hybridized carbons (Fsp3) is 0.286. The number of nitrogens with one attached hydrogen (secondary N) is 1. The fourth-order valence-corrected chi connectivity index (χ4v) is 2.00. The number of alkyl halides is 3. The Bertz CT molecular complexity index is 352. The van der Waals surface area contributed by atoms with Crippen LogP contribution in [0.25, 0.3) is 0 Å². The Labute approximate surface area is 101 Å². The molecule has 0 aromatic carbocycles. The summed E-state index contributed by atoms with van der Waals surface area (Å²) in [6.07, 6.45) is -4.45. The normalized spacial score (nSPS) is 11.5. The molecule has 1 amide bonds. The van der Waals surface area contributed by atoms with Gasteiger partial charge in [-0.1, -0.05) is 0 Å². The third-order valence-corrected chi connectivity index (χ3v) is 3.02. The smallest absolute Gasteiger partial charge is 0.267 e. The molecule has 0 unspecified atom stereocenters. The first-order valence-electron chi connectivity index (χ1n) is 3.61. The standard InChI is InChI=1S/C7H5F3INO2S/c8-7(9,10)3-14-12-6(13)4-1-5(11)15-2-4/h1-2H,3H2,(H,12,13). The molecule has 0 spiro atoms. The van der Waals surface area contributed by atoms with Gasteiger partial charge in [0, 0.05) is 5.38 Å². The zero-order valence-corrected chi connectivity index (χ0v) is 10.1. The van der Waals surface area contributed by atoms with Crippen LogP contribution in [-0.2, 0) is 4.84 Å². The topological polar surface area (TPSA) is 38.3 Å². The predicted octanol–water partition coefficient (Wildman–Crippen LogP) is 2.58. The van der Waals surface area contributed by atoms with Gasteiger partial charge in [0.05, 0.1) is 8.45 Å². The van der Waals surface area contributed by atoms with E-state index < -0.39 is 18.7 Å². The largest absolute Gasteiger partial charge is 0.414 e. The molecule has 1 aromatic rings. The second kappa shape index (κ2) is 5.12. The highest BCUT2D eigenvalue weighted by atomic mass is 127. The molecule has 0 radical (unpaired) electrons. The lowest BCUT2D eigenvalue weighted by atomic mass is 10.3. The first-order valence-corrected chi connectivity index (χ1v) is 5.57. The van der Waals surface area contributed by atoms with Crippen molar-refractivity contribution in [3.8, 4) is 0 Å². The van der Waals surface area contributed by atoms with Gasteiger partial charge in [-0.2, -0.15) is 13.2 Å². The maximum atomic E-state index is 11.6. The van der Waals surface area contributed by atoms with Crippen molar-refractivity contribution in [2.45, 2.75) is 6.18 Å². The van der Waals surface area contributed by atoms with Crippen LogP contribution < -0.4 is 5.48 Å². The zero-order chi connectivity index (χ0) is 11.5. The summed E-state index contributed by atoms with van der Waals surface area (Å²) < 4.78 is 35.8. The first kappa shape index (κ1) is 12.7. The van der Waals surface area contributed by atoms with Gasteiger partial charge < -0.3 is 0 Å². The predicted molar refractivity (Wildman–Crippen MR) is 56.5 cm³/mol. The summed E-state index contributed by atoms with van der Waals surface area (Å²) in [5, 5.41) is 1.54. The minimum absolute atomic E-state index is 0.284. The van der Waals surface area contributed by atoms with Crippen LogP contribution in [0.4, 0.5) is 13.2 Å². The molecule has 0 aliphatic heterocycles. The van der Waals surface area contributed by atoms with Crippen LogP contribution in [0.15, 0.2) is 11.4 Å². The van der Waals surface area contributed by atoms with E-state index in [1.165, 1.54) is 16.7 Å². The molecule has 15 heavy (non-hydrogen) atoms. The second-order valence-electron chi connectivity index (χ2n) is 2.47. The molecule has 0 fully saturated rings. The lowest BCUT2D eigenvalue weighted by molar-refractivity contribution is -0.184. The minimum Gasteiger partial charge on any atom is -0.267 e. The van der Waals surface area contributed by atoms with E-state index in [0.717, 1.165) is 2.88 Å². The molecule has 0 atom stereocenters. The number of carbonyl (C=O) groups excluding carboxylic acids is 1. The summed E-state index contributed by atoms with van der Waals surface area (Å²) in [6.45, 7) is -1.50. The molecule has 0 saturated carbocycles. The van der Waals surface area contributed by atoms with Gasteiger partial charge in [-0.25, -0.2) is 5.48 Å². The highest BCUT2D eigenvalue weighted by Gasteiger charge is 2.28. The molecule has 3 nitrogen and oxygen atoms in total. The Balaban J connectivity index is 2.37. The van der Waals surface area contributed by atoms with Crippen molar-refractivity contribution < 1.29 is 22.8 Å². The van der Waals surface area contributed by atoms with E-state index in [1.807, 2.05) is 22.6 Å². The molecule has 0 aliphatic carbocycles. The van der Waals surface area contributed by atoms with Gasteiger partial charge >= 0.3 is 6.18 Å². The number of halogens is 4. The Hall–Kier alpha value is -0.350. The van der Waals surface area contributed by atoms with Gasteiger partial charge in [-0.15, -0.1) is 11.3 Å². The molecule has 0 aliphatic rings. The maximum absolute atomic E-state index is 11.6. The van der Waals surface area contributed by atoms with Crippen molar-refractivity contribution in [2.24, 2.45) is 0 Å². The number of hydrogen-bond acceptors (Lipinski definition) is 3. The summed E-state index contributed by atoms with van der Waals surface area (Å²) in [5.74, 6) is -0.682. The molecule has 1 N–H and O–H groups in total. The highest BCUT2D eigenvalue weighted by molar-refractivity contribution is 14.1. The number of amides is 1. The summed E-state index contributed by atoms with van der Waals surface area (Å²) in [7, 11) is 0. The molecular weight excluding hydrogens is 346 g/mol. The molecule has 1 aromatic heterocycles. The van der Waals surface area contributed by atoms with E-state index in [-0.39, 0.29) is 5.56 Å². The van der Waals surface area contributed by atoms with Crippen LogP contribution in [0.5, 0.6) is 0 Å². The van der Waals surface area contributed by atoms with Gasteiger partial charge in [0.2, 0.25) is 0 Å². The molecule has 1 rings (SSSR count). The van der Waals surface area contributed by atoms with E-state index in [4.69, 9.17) is 0 Å². The first-order chi connectivity index (χ1) is 6.88. The number of carbonyl (C=O) groups is 1. The van der Waals surface area contributed by atoms with Gasteiger partial charge in [0.15, 0.2) is 6.61 Å². The number of hydroxylamine groups is 1. The van der Waals surface area contributed by atoms with Crippen molar-refractivity contribution in [1.82, 2.24) is 5.48 Å². The Morgan fingerprint density at radius 3 is 2.73 bits per heavy atom. The monoisotopic (exact) mass is 351 g/mol. The fourth-order valence-electron chi connectivity index (χ4n) is 0.672. The zero-order valence-electron chi connectivity index (χ0n) is 7.10. The molecule has 8 heteroatoms. The lowest BCUT2D eigenvalue weighted by Crippen LogP contribution is -2.29. The third kappa shape index (κ3) is 4.80. The summed E-state index contributed by atoms with van der Waals surface area (Å²) in [6, 6.07) is 1.55. The van der Waals surface area contributed by atoms with Gasteiger partial charge in [-0.05, 0) is 28.7 Å². The SMILES string of the molecule is O=C(NOCC(F)(F)F)c1csc(I)c1. The molecule has 0 saturated heterocycles. The van der Waals surface area contributed by atoms with E-state index in [9.17, 15) is 18.0 Å². The Kier molecular flexibility index (Phi) is 4.34. The lowest BCUT2D eigenvalue weighted by Gasteiger charge is -2.07. The average molecular weight is 351 g/mol. The quantitative estimate of drug-likeness (QED) is 0.672. The second-order valence-corrected chi connectivity index (χ2v) is 5.28. The maximum Gasteiger partial charge on any atom is 0.414 e. The number of thiophene rings is 1. The highest BCUT2D eigenvalue weighted by Crippen LogP contribution is 2.17. The summed E-state index contributed by atoms with van der Waals surface area (Å²) in [4.78, 5) is 15.1. The van der Waals surface area contributed by atoms with Gasteiger partial charge in [0.1, 0.15) is 0 Å². The van der Waals surface area contributed by atoms with Crippen molar-refractivity contribution in [2.75, 3.05) is 6.61 Å². The van der Waals surface area contributed by atoms with Crippen LogP contribution in [0.1, 0.15) is 10.4 Å². The Morgan fingerprint density at radius 2 is 2.27 bits per heavy atom. The van der Waals surface area contributed by atoms with Crippen LogP contribution >= 0.6 is 33.9 Å². The molecular formula is C7H5F3INO2S. The molecule has 0 bridgehead atoms. The molecule has 84 valence electrons. The van der Waals surface area contributed by atoms with Crippen molar-refractivity contribution in [3.05, 3.63) is 19.9 Å². The summed E-state index contributed by atoms with van der Waals surface area (Å²) >= 11 is 3.32. The number of rotatable bonds is 3. The van der Waals surface area contributed by atoms with Gasteiger partial charge in [-0.3, -0.25) is 9.63 Å². The van der Waals surface area contributed by atoms with Crippen molar-refractivity contribution in [1.29, 1.82) is 0 Å². The van der Waals surface area contributed by atoms with Crippen LogP contribution in [-0.4, -0.2) is 18.7 Å². The van der Waals surface area contributed by atoms with Gasteiger partial charge in [0.25, 0.3) is 5.91 Å². The third-order valence-electron chi connectivity index (χ3n) is 1.23. The molecule has 1 heterocycles. The Morgan fingerprint density at radius 1 is 1.60 bits per heavy atom. The van der Waals surface area contributed by atoms with Crippen molar-refractivity contribution >= 4 is 39.8 Å². The van der Waals surface area contributed by atoms with E-state index in [1.54, 1.807) is 11.5 Å². The summed E-state index contributed by atoms with van der Waals surface area (Å²) in [5.41, 5.74) is 2.00.